The van der Waals surface area contributed by atoms with Crippen molar-refractivity contribution in [1.82, 2.24) is 19.7 Å². The number of thiophene rings is 1. The highest BCUT2D eigenvalue weighted by Gasteiger charge is 2.25. The van der Waals surface area contributed by atoms with Gasteiger partial charge in [0.1, 0.15) is 20.8 Å². The minimum absolute atomic E-state index is 0.244. The monoisotopic (exact) mass is 435 g/mol. The maximum absolute atomic E-state index is 13.1. The van der Waals surface area contributed by atoms with Crippen LogP contribution in [-0.2, 0) is 16.0 Å². The Morgan fingerprint density at radius 1 is 1.24 bits per heavy atom. The standard InChI is InChI=1S/C18H21N5O4S2/c1-5-10(14(24)20-18-22-21-11(6-2)28-18)23-8-19-15-12(16(23)25)9(4)13(29-15)17(26)27-7-3/h8,10H,5-7H2,1-4H3,(H,20,22,24). The summed E-state index contributed by atoms with van der Waals surface area (Å²) in [5.74, 6) is -0.847. The van der Waals surface area contributed by atoms with Crippen molar-refractivity contribution < 1.29 is 14.3 Å². The normalized spacial score (nSPS) is 12.1. The number of amides is 1. The third-order valence-electron chi connectivity index (χ3n) is 4.36. The Bertz CT molecular complexity index is 1120. The molecule has 0 bridgehead atoms. The van der Waals surface area contributed by atoms with Gasteiger partial charge in [-0.1, -0.05) is 25.2 Å². The van der Waals surface area contributed by atoms with Crippen LogP contribution in [0.25, 0.3) is 10.2 Å². The summed E-state index contributed by atoms with van der Waals surface area (Å²) >= 11 is 2.41. The van der Waals surface area contributed by atoms with Crippen LogP contribution in [-0.4, -0.2) is 38.2 Å². The average Bonchev–Trinajstić information content (AvgIpc) is 3.28. The highest BCUT2D eigenvalue weighted by molar-refractivity contribution is 7.20. The molecular formula is C18H21N5O4S2. The van der Waals surface area contributed by atoms with E-state index in [-0.39, 0.29) is 18.1 Å². The molecule has 0 aliphatic heterocycles. The smallest absolute Gasteiger partial charge is 0.348 e. The van der Waals surface area contributed by atoms with E-state index in [9.17, 15) is 14.4 Å². The van der Waals surface area contributed by atoms with Gasteiger partial charge in [0.15, 0.2) is 0 Å². The summed E-state index contributed by atoms with van der Waals surface area (Å²) in [5, 5.41) is 12.2. The molecule has 0 aromatic carbocycles. The molecule has 3 aromatic rings. The summed E-state index contributed by atoms with van der Waals surface area (Å²) in [6.45, 7) is 7.41. The second kappa shape index (κ2) is 8.78. The number of ether oxygens (including phenoxy) is 1. The molecule has 0 saturated carbocycles. The summed E-state index contributed by atoms with van der Waals surface area (Å²) in [5.41, 5.74) is 0.148. The molecule has 0 spiro atoms. The number of rotatable bonds is 7. The SMILES string of the molecule is CCOC(=O)c1sc2ncn(C(CC)C(=O)Nc3nnc(CC)s3)c(=O)c2c1C. The number of aromatic nitrogens is 4. The number of fused-ring (bicyclic) bond motifs is 1. The summed E-state index contributed by atoms with van der Waals surface area (Å²) in [6.07, 6.45) is 2.46. The molecule has 1 atom stereocenters. The van der Waals surface area contributed by atoms with Gasteiger partial charge in [0.25, 0.3) is 5.56 Å². The molecule has 0 aliphatic carbocycles. The first-order chi connectivity index (χ1) is 13.9. The van der Waals surface area contributed by atoms with Gasteiger partial charge in [0.05, 0.1) is 18.3 Å². The van der Waals surface area contributed by atoms with E-state index in [4.69, 9.17) is 4.74 Å². The molecule has 0 radical (unpaired) electrons. The molecule has 1 N–H and O–H groups in total. The average molecular weight is 436 g/mol. The lowest BCUT2D eigenvalue weighted by Gasteiger charge is -2.16. The Morgan fingerprint density at radius 3 is 2.62 bits per heavy atom. The highest BCUT2D eigenvalue weighted by Crippen LogP contribution is 2.28. The van der Waals surface area contributed by atoms with Gasteiger partial charge in [0, 0.05) is 0 Å². The van der Waals surface area contributed by atoms with E-state index in [1.165, 1.54) is 22.2 Å². The minimum Gasteiger partial charge on any atom is -0.462 e. The summed E-state index contributed by atoms with van der Waals surface area (Å²) < 4.78 is 6.35. The number of nitrogens with one attached hydrogen (secondary N) is 1. The lowest BCUT2D eigenvalue weighted by Crippen LogP contribution is -2.33. The zero-order valence-electron chi connectivity index (χ0n) is 16.5. The van der Waals surface area contributed by atoms with Gasteiger partial charge in [-0.15, -0.1) is 21.5 Å². The molecule has 29 heavy (non-hydrogen) atoms. The van der Waals surface area contributed by atoms with Crippen molar-refractivity contribution in [3.8, 4) is 0 Å². The predicted molar refractivity (Wildman–Crippen MR) is 112 cm³/mol. The fourth-order valence-electron chi connectivity index (χ4n) is 2.89. The molecule has 154 valence electrons. The van der Waals surface area contributed by atoms with Gasteiger partial charge >= 0.3 is 5.97 Å². The first-order valence-corrected chi connectivity index (χ1v) is 10.8. The van der Waals surface area contributed by atoms with E-state index in [2.05, 4.69) is 20.5 Å². The van der Waals surface area contributed by atoms with Crippen molar-refractivity contribution in [1.29, 1.82) is 0 Å². The van der Waals surface area contributed by atoms with Gasteiger partial charge in [-0.05, 0) is 32.3 Å². The van der Waals surface area contributed by atoms with E-state index in [1.54, 1.807) is 13.8 Å². The molecule has 3 heterocycles. The van der Waals surface area contributed by atoms with E-state index in [1.807, 2.05) is 13.8 Å². The van der Waals surface area contributed by atoms with E-state index in [0.717, 1.165) is 22.8 Å². The molecule has 9 nitrogen and oxygen atoms in total. The van der Waals surface area contributed by atoms with Crippen molar-refractivity contribution in [2.75, 3.05) is 11.9 Å². The quantitative estimate of drug-likeness (QED) is 0.567. The Hall–Kier alpha value is -2.66. The third kappa shape index (κ3) is 4.06. The number of carbonyl (C=O) groups excluding carboxylic acids is 2. The molecular weight excluding hydrogens is 414 g/mol. The molecule has 0 fully saturated rings. The van der Waals surface area contributed by atoms with Crippen molar-refractivity contribution in [3.05, 3.63) is 32.1 Å². The van der Waals surface area contributed by atoms with Crippen LogP contribution in [0.5, 0.6) is 0 Å². The van der Waals surface area contributed by atoms with Gasteiger partial charge in [0.2, 0.25) is 11.0 Å². The van der Waals surface area contributed by atoms with Gasteiger partial charge in [-0.25, -0.2) is 9.78 Å². The zero-order chi connectivity index (χ0) is 21.1. The first kappa shape index (κ1) is 21.1. The molecule has 1 amide bonds. The molecule has 11 heteroatoms. The number of hydrogen-bond donors (Lipinski definition) is 1. The van der Waals surface area contributed by atoms with Crippen molar-refractivity contribution >= 4 is 49.9 Å². The predicted octanol–water partition coefficient (Wildman–Crippen LogP) is 2.95. The maximum atomic E-state index is 13.1. The summed E-state index contributed by atoms with van der Waals surface area (Å²) in [6, 6.07) is -0.765. The summed E-state index contributed by atoms with van der Waals surface area (Å²) in [7, 11) is 0. The number of nitrogens with zero attached hydrogens (tertiary/aromatic N) is 4. The van der Waals surface area contributed by atoms with Gasteiger partial charge in [-0.3, -0.25) is 19.5 Å². The van der Waals surface area contributed by atoms with Crippen LogP contribution < -0.4 is 10.9 Å². The number of aryl methyl sites for hydroxylation is 2. The van der Waals surface area contributed by atoms with E-state index >= 15 is 0 Å². The minimum atomic E-state index is -0.765. The van der Waals surface area contributed by atoms with E-state index < -0.39 is 12.0 Å². The number of esters is 1. The third-order valence-corrected chi connectivity index (χ3v) is 6.52. The first-order valence-electron chi connectivity index (χ1n) is 9.21. The second-order valence-corrected chi connectivity index (χ2v) is 8.24. The lowest BCUT2D eigenvalue weighted by atomic mass is 10.2. The highest BCUT2D eigenvalue weighted by atomic mass is 32.1. The largest absolute Gasteiger partial charge is 0.462 e. The maximum Gasteiger partial charge on any atom is 0.348 e. The molecule has 1 unspecified atom stereocenters. The topological polar surface area (TPSA) is 116 Å². The van der Waals surface area contributed by atoms with Gasteiger partial charge < -0.3 is 4.74 Å². The molecule has 3 rings (SSSR count). The van der Waals surface area contributed by atoms with Crippen LogP contribution in [0.15, 0.2) is 11.1 Å². The van der Waals surface area contributed by atoms with Crippen LogP contribution in [0.3, 0.4) is 0 Å². The zero-order valence-corrected chi connectivity index (χ0v) is 18.1. The second-order valence-electron chi connectivity index (χ2n) is 6.18. The van der Waals surface area contributed by atoms with Crippen LogP contribution in [0.2, 0.25) is 0 Å². The van der Waals surface area contributed by atoms with Gasteiger partial charge in [-0.2, -0.15) is 0 Å². The van der Waals surface area contributed by atoms with Crippen molar-refractivity contribution in [2.45, 2.75) is 46.6 Å². The molecule has 3 aromatic heterocycles. The number of anilines is 1. The molecule has 0 aliphatic rings. The Morgan fingerprint density at radius 2 is 2.00 bits per heavy atom. The van der Waals surface area contributed by atoms with Crippen LogP contribution in [0.1, 0.15) is 53.5 Å². The van der Waals surface area contributed by atoms with Crippen LogP contribution in [0.4, 0.5) is 5.13 Å². The van der Waals surface area contributed by atoms with Crippen molar-refractivity contribution in [3.63, 3.8) is 0 Å². The van der Waals surface area contributed by atoms with E-state index in [0.29, 0.717) is 32.2 Å². The number of hydrogen-bond acceptors (Lipinski definition) is 9. The fraction of sp³-hybridized carbons (Fsp3) is 0.444. The number of carbonyl (C=O) groups is 2. The Kier molecular flexibility index (Phi) is 6.38. The summed E-state index contributed by atoms with van der Waals surface area (Å²) in [4.78, 5) is 43.1. The fourth-order valence-corrected chi connectivity index (χ4v) is 4.61. The lowest BCUT2D eigenvalue weighted by molar-refractivity contribution is -0.119. The molecule has 0 saturated heterocycles. The Labute approximate surface area is 174 Å². The van der Waals surface area contributed by atoms with Crippen molar-refractivity contribution in [2.24, 2.45) is 0 Å². The Balaban J connectivity index is 1.97. The van der Waals surface area contributed by atoms with Crippen LogP contribution in [0, 0.1) is 6.92 Å². The van der Waals surface area contributed by atoms with Crippen LogP contribution >= 0.6 is 22.7 Å².